The SMILES string of the molecule is COc1ccc(C(=O)Oc2ccc(Br)cc2/C=N\NC(=O)CCc2cc(C(C)(C)C)c(O)c(C(C)(C)C)c2)cc1. The summed E-state index contributed by atoms with van der Waals surface area (Å²) >= 11 is 3.42. The van der Waals surface area contributed by atoms with Crippen molar-refractivity contribution in [3.05, 3.63) is 86.9 Å². The van der Waals surface area contributed by atoms with Crippen LogP contribution in [0.4, 0.5) is 0 Å². The monoisotopic (exact) mass is 608 g/mol. The Morgan fingerprint density at radius 1 is 0.950 bits per heavy atom. The number of benzene rings is 3. The minimum atomic E-state index is -0.526. The fourth-order valence-electron chi connectivity index (χ4n) is 4.07. The van der Waals surface area contributed by atoms with E-state index in [2.05, 4.69) is 68.0 Å². The highest BCUT2D eigenvalue weighted by molar-refractivity contribution is 9.10. The molecular formula is C32H37BrN2O5. The van der Waals surface area contributed by atoms with E-state index in [-0.39, 0.29) is 23.2 Å². The topological polar surface area (TPSA) is 97.2 Å². The highest BCUT2D eigenvalue weighted by Gasteiger charge is 2.26. The van der Waals surface area contributed by atoms with E-state index in [4.69, 9.17) is 9.47 Å². The Hall–Kier alpha value is -3.65. The Labute approximate surface area is 244 Å². The molecule has 0 unspecified atom stereocenters. The predicted molar refractivity (Wildman–Crippen MR) is 162 cm³/mol. The number of halogens is 1. The van der Waals surface area contributed by atoms with Crippen LogP contribution in [0.15, 0.2) is 64.2 Å². The van der Waals surface area contributed by atoms with Gasteiger partial charge in [-0.15, -0.1) is 0 Å². The second-order valence-electron chi connectivity index (χ2n) is 11.6. The van der Waals surface area contributed by atoms with E-state index >= 15 is 0 Å². The van der Waals surface area contributed by atoms with E-state index in [1.54, 1.807) is 49.6 Å². The number of methoxy groups -OCH3 is 1. The van der Waals surface area contributed by atoms with Crippen LogP contribution in [0.1, 0.15) is 80.6 Å². The number of ether oxygens (including phenoxy) is 2. The van der Waals surface area contributed by atoms with Crippen molar-refractivity contribution in [1.82, 2.24) is 5.43 Å². The number of aromatic hydroxyl groups is 1. The lowest BCUT2D eigenvalue weighted by atomic mass is 9.78. The first-order valence-electron chi connectivity index (χ1n) is 13.0. The molecule has 212 valence electrons. The fraction of sp³-hybridized carbons (Fsp3) is 0.344. The summed E-state index contributed by atoms with van der Waals surface area (Å²) in [6.07, 6.45) is 2.15. The van der Waals surface area contributed by atoms with Crippen molar-refractivity contribution < 1.29 is 24.2 Å². The molecule has 0 atom stereocenters. The van der Waals surface area contributed by atoms with Crippen LogP contribution in [0.2, 0.25) is 0 Å². The smallest absolute Gasteiger partial charge is 0.343 e. The van der Waals surface area contributed by atoms with E-state index < -0.39 is 5.97 Å². The van der Waals surface area contributed by atoms with Gasteiger partial charge in [-0.25, -0.2) is 10.2 Å². The van der Waals surface area contributed by atoms with Gasteiger partial charge in [-0.3, -0.25) is 4.79 Å². The molecule has 0 aromatic heterocycles. The zero-order chi connectivity index (χ0) is 29.7. The minimum absolute atomic E-state index is 0.215. The van der Waals surface area contributed by atoms with E-state index in [0.29, 0.717) is 34.8 Å². The van der Waals surface area contributed by atoms with Gasteiger partial charge in [0, 0.05) is 16.5 Å². The molecule has 1 amide bonds. The third-order valence-electron chi connectivity index (χ3n) is 6.32. The van der Waals surface area contributed by atoms with Gasteiger partial charge in [0.05, 0.1) is 18.9 Å². The number of nitrogens with one attached hydrogen (secondary N) is 1. The molecule has 0 spiro atoms. The average molecular weight is 610 g/mol. The van der Waals surface area contributed by atoms with Crippen LogP contribution in [0.25, 0.3) is 0 Å². The molecule has 40 heavy (non-hydrogen) atoms. The molecule has 3 aromatic rings. The van der Waals surface area contributed by atoms with Gasteiger partial charge in [-0.05, 0) is 76.4 Å². The summed E-state index contributed by atoms with van der Waals surface area (Å²) in [4.78, 5) is 25.3. The molecule has 0 radical (unpaired) electrons. The predicted octanol–water partition coefficient (Wildman–Crippen LogP) is 7.06. The van der Waals surface area contributed by atoms with Crippen molar-refractivity contribution in [2.75, 3.05) is 7.11 Å². The van der Waals surface area contributed by atoms with Crippen molar-refractivity contribution in [2.24, 2.45) is 5.10 Å². The summed E-state index contributed by atoms with van der Waals surface area (Å²) in [5.74, 6) is 0.469. The molecule has 0 heterocycles. The molecule has 0 aliphatic carbocycles. The molecule has 7 nitrogen and oxygen atoms in total. The normalized spacial score (nSPS) is 11.9. The number of phenols is 1. The van der Waals surface area contributed by atoms with Crippen LogP contribution in [-0.4, -0.2) is 30.3 Å². The summed E-state index contributed by atoms with van der Waals surface area (Å²) in [6, 6.07) is 15.7. The number of phenolic OH excluding ortho intramolecular Hbond substituents is 1. The van der Waals surface area contributed by atoms with Crippen LogP contribution >= 0.6 is 15.9 Å². The van der Waals surface area contributed by atoms with Gasteiger partial charge in [-0.2, -0.15) is 5.10 Å². The summed E-state index contributed by atoms with van der Waals surface area (Å²) in [5, 5.41) is 15.0. The van der Waals surface area contributed by atoms with Crippen LogP contribution < -0.4 is 14.9 Å². The van der Waals surface area contributed by atoms with Crippen molar-refractivity contribution in [2.45, 2.75) is 65.2 Å². The molecule has 2 N–H and O–H groups in total. The molecule has 0 saturated heterocycles. The van der Waals surface area contributed by atoms with Gasteiger partial charge in [0.1, 0.15) is 17.2 Å². The first-order valence-corrected chi connectivity index (χ1v) is 13.8. The number of nitrogens with zero attached hydrogens (tertiary/aromatic N) is 1. The number of carbonyl (C=O) groups excluding carboxylic acids is 2. The molecule has 0 fully saturated rings. The second-order valence-corrected chi connectivity index (χ2v) is 12.5. The Morgan fingerprint density at radius 3 is 2.10 bits per heavy atom. The van der Waals surface area contributed by atoms with Crippen LogP contribution in [0.3, 0.4) is 0 Å². The van der Waals surface area contributed by atoms with Crippen molar-refractivity contribution in [1.29, 1.82) is 0 Å². The van der Waals surface area contributed by atoms with Crippen molar-refractivity contribution >= 4 is 34.0 Å². The number of rotatable bonds is 8. The average Bonchev–Trinajstić information content (AvgIpc) is 2.88. The lowest BCUT2D eigenvalue weighted by Gasteiger charge is -2.28. The minimum Gasteiger partial charge on any atom is -0.507 e. The van der Waals surface area contributed by atoms with Gasteiger partial charge < -0.3 is 14.6 Å². The number of carbonyl (C=O) groups is 2. The van der Waals surface area contributed by atoms with E-state index in [0.717, 1.165) is 21.2 Å². The van der Waals surface area contributed by atoms with Gasteiger partial charge in [-0.1, -0.05) is 69.6 Å². The lowest BCUT2D eigenvalue weighted by Crippen LogP contribution is -2.20. The quantitative estimate of drug-likeness (QED) is 0.123. The summed E-state index contributed by atoms with van der Waals surface area (Å²) in [5.41, 5.74) is 5.66. The first kappa shape index (κ1) is 30.9. The molecule has 0 saturated carbocycles. The molecule has 3 rings (SSSR count). The largest absolute Gasteiger partial charge is 0.507 e. The first-order chi connectivity index (χ1) is 18.7. The maximum absolute atomic E-state index is 12.6. The van der Waals surface area contributed by atoms with E-state index in [1.807, 2.05) is 12.1 Å². The highest BCUT2D eigenvalue weighted by Crippen LogP contribution is 2.40. The summed E-state index contributed by atoms with van der Waals surface area (Å²) < 4.78 is 11.5. The second kappa shape index (κ2) is 12.7. The zero-order valence-corrected chi connectivity index (χ0v) is 25.7. The molecule has 8 heteroatoms. The van der Waals surface area contributed by atoms with Crippen LogP contribution in [0.5, 0.6) is 17.2 Å². The molecule has 0 bridgehead atoms. The van der Waals surface area contributed by atoms with Crippen LogP contribution in [0, 0.1) is 0 Å². The lowest BCUT2D eigenvalue weighted by molar-refractivity contribution is -0.121. The Bertz CT molecular complexity index is 1370. The Balaban J connectivity index is 1.69. The number of esters is 1. The van der Waals surface area contributed by atoms with E-state index in [1.165, 1.54) is 6.21 Å². The number of aryl methyl sites for hydroxylation is 1. The maximum Gasteiger partial charge on any atom is 0.343 e. The number of amides is 1. The summed E-state index contributed by atoms with van der Waals surface area (Å²) in [7, 11) is 1.55. The summed E-state index contributed by atoms with van der Waals surface area (Å²) in [6.45, 7) is 12.4. The van der Waals surface area contributed by atoms with Gasteiger partial charge in [0.15, 0.2) is 0 Å². The molecular weight excluding hydrogens is 572 g/mol. The zero-order valence-electron chi connectivity index (χ0n) is 24.1. The van der Waals surface area contributed by atoms with Crippen LogP contribution in [-0.2, 0) is 22.0 Å². The van der Waals surface area contributed by atoms with Gasteiger partial charge in [0.25, 0.3) is 0 Å². The van der Waals surface area contributed by atoms with Gasteiger partial charge >= 0.3 is 5.97 Å². The number of hydrogen-bond acceptors (Lipinski definition) is 6. The fourth-order valence-corrected chi connectivity index (χ4v) is 4.45. The van der Waals surface area contributed by atoms with E-state index in [9.17, 15) is 14.7 Å². The van der Waals surface area contributed by atoms with Crippen molar-refractivity contribution in [3.63, 3.8) is 0 Å². The number of hydrazone groups is 1. The van der Waals surface area contributed by atoms with Crippen molar-refractivity contribution in [3.8, 4) is 17.2 Å². The third kappa shape index (κ3) is 8.18. The number of hydrogen-bond donors (Lipinski definition) is 2. The maximum atomic E-state index is 12.6. The van der Waals surface area contributed by atoms with Gasteiger partial charge in [0.2, 0.25) is 5.91 Å². The third-order valence-corrected chi connectivity index (χ3v) is 6.81. The molecule has 3 aromatic carbocycles. The standard InChI is InChI=1S/C32H37BrN2O5/c1-31(2,3)25-16-20(17-26(29(25)37)32(4,5)6)8-15-28(36)35-34-19-22-18-23(33)11-14-27(22)40-30(38)21-9-12-24(39-7)13-10-21/h9-14,16-19,37H,8,15H2,1-7H3,(H,35,36)/b34-19-. The molecule has 0 aliphatic heterocycles. The molecule has 0 aliphatic rings. The Kier molecular flexibility index (Phi) is 9.79. The Morgan fingerprint density at radius 2 is 1.55 bits per heavy atom. The highest BCUT2D eigenvalue weighted by atomic mass is 79.9.